The van der Waals surface area contributed by atoms with Gasteiger partial charge in [-0.2, -0.15) is 13.9 Å². The predicted molar refractivity (Wildman–Crippen MR) is 125 cm³/mol. The number of ether oxygens (including phenoxy) is 1. The Morgan fingerprint density at radius 1 is 1.00 bits per heavy atom. The Balaban J connectivity index is 1.73. The van der Waals surface area contributed by atoms with Crippen molar-refractivity contribution in [3.8, 4) is 11.4 Å². The number of halogens is 5. The molecule has 2 aliphatic rings. The van der Waals surface area contributed by atoms with Crippen molar-refractivity contribution in [2.45, 2.75) is 19.6 Å². The van der Waals surface area contributed by atoms with Crippen molar-refractivity contribution in [2.24, 2.45) is 4.99 Å². The number of fused-ring (bicyclic) bond motifs is 2. The second-order valence-corrected chi connectivity index (χ2v) is 8.53. The first-order chi connectivity index (χ1) is 15.8. The minimum atomic E-state index is -2.91. The molecule has 2 aromatic carbocycles. The van der Waals surface area contributed by atoms with Gasteiger partial charge in [-0.3, -0.25) is 0 Å². The minimum Gasteiger partial charge on any atom is -0.435 e. The molecule has 0 fully saturated rings. The average Bonchev–Trinajstić information content (AvgIpc) is 3.13. The first-order valence-corrected chi connectivity index (χ1v) is 11.0. The van der Waals surface area contributed by atoms with E-state index in [2.05, 4.69) is 4.74 Å². The van der Waals surface area contributed by atoms with E-state index in [1.807, 2.05) is 37.3 Å². The normalized spacial score (nSPS) is 17.5. The molecule has 2 aliphatic heterocycles. The van der Waals surface area contributed by atoms with Crippen LogP contribution < -0.4 is 4.74 Å². The minimum absolute atomic E-state index is 0.0478. The van der Waals surface area contributed by atoms with Crippen molar-refractivity contribution in [3.05, 3.63) is 92.7 Å². The van der Waals surface area contributed by atoms with Crippen LogP contribution in [0.2, 0.25) is 0 Å². The highest BCUT2D eigenvalue weighted by molar-refractivity contribution is 6.49. The third-order valence-electron chi connectivity index (χ3n) is 5.35. The van der Waals surface area contributed by atoms with Gasteiger partial charge in [-0.1, -0.05) is 65.1 Å². The lowest BCUT2D eigenvalue weighted by Gasteiger charge is -2.39. The number of nitrogens with zero attached hydrogens (tertiary/aromatic N) is 4. The quantitative estimate of drug-likeness (QED) is 0.357. The van der Waals surface area contributed by atoms with E-state index in [0.29, 0.717) is 16.7 Å². The second-order valence-electron chi connectivity index (χ2n) is 7.36. The van der Waals surface area contributed by atoms with Crippen LogP contribution >= 0.6 is 34.8 Å². The number of rotatable bonds is 4. The third kappa shape index (κ3) is 3.80. The highest BCUT2D eigenvalue weighted by Gasteiger charge is 2.40. The van der Waals surface area contributed by atoms with Crippen LogP contribution in [-0.2, 0) is 0 Å². The Bertz CT molecular complexity index is 1320. The molecule has 0 spiro atoms. The fourth-order valence-electron chi connectivity index (χ4n) is 3.98. The van der Waals surface area contributed by atoms with Crippen LogP contribution in [0.3, 0.4) is 0 Å². The maximum absolute atomic E-state index is 12.6. The van der Waals surface area contributed by atoms with E-state index in [1.165, 1.54) is 12.1 Å². The maximum atomic E-state index is 12.6. The molecule has 5 nitrogen and oxygen atoms in total. The smallest absolute Gasteiger partial charge is 0.387 e. The molecule has 0 amide bonds. The molecule has 5 rings (SSSR count). The van der Waals surface area contributed by atoms with Crippen LogP contribution in [0.5, 0.6) is 5.75 Å². The van der Waals surface area contributed by atoms with Crippen LogP contribution in [0.15, 0.2) is 80.9 Å². The van der Waals surface area contributed by atoms with Gasteiger partial charge in [0.25, 0.3) is 0 Å². The average molecular weight is 508 g/mol. The standard InChI is InChI=1S/C23H15Cl3F2N4O/c1-12-18-19(13-7-9-15(10-8-13)33-23(27)28)31-20(26)16(24)11-17(25)21(31)29-22(18)32(30-12)14-5-3-2-4-6-14/h2-11,19,23H,1H3/t19-/m0/s1. The van der Waals surface area contributed by atoms with E-state index in [-0.39, 0.29) is 15.9 Å². The van der Waals surface area contributed by atoms with E-state index in [0.717, 1.165) is 22.5 Å². The Morgan fingerprint density at radius 3 is 2.36 bits per heavy atom. The van der Waals surface area contributed by atoms with Crippen LogP contribution in [-0.4, -0.2) is 27.1 Å². The molecular formula is C23H15Cl3F2N4O. The van der Waals surface area contributed by atoms with E-state index in [4.69, 9.17) is 44.9 Å². The molecule has 0 unspecified atom stereocenters. The van der Waals surface area contributed by atoms with Gasteiger partial charge in [0.15, 0.2) is 11.7 Å². The van der Waals surface area contributed by atoms with Crippen LogP contribution in [0.4, 0.5) is 14.6 Å². The molecule has 0 saturated carbocycles. The summed E-state index contributed by atoms with van der Waals surface area (Å²) >= 11 is 19.5. The molecule has 0 radical (unpaired) electrons. The number of para-hydroxylation sites is 1. The number of hydrogen-bond donors (Lipinski definition) is 0. The summed E-state index contributed by atoms with van der Waals surface area (Å²) in [6.07, 6.45) is 1.54. The Labute approximate surface area is 203 Å². The number of alkyl halides is 2. The van der Waals surface area contributed by atoms with Gasteiger partial charge < -0.3 is 9.64 Å². The summed E-state index contributed by atoms with van der Waals surface area (Å²) in [5, 5.41) is 5.55. The van der Waals surface area contributed by atoms with Gasteiger partial charge in [0.2, 0.25) is 0 Å². The summed E-state index contributed by atoms with van der Waals surface area (Å²) in [5.41, 5.74) is 3.09. The number of aryl methyl sites for hydroxylation is 1. The highest BCUT2D eigenvalue weighted by Crippen LogP contribution is 2.48. The predicted octanol–water partition coefficient (Wildman–Crippen LogP) is 7.00. The zero-order chi connectivity index (χ0) is 23.3. The first kappa shape index (κ1) is 21.9. The van der Waals surface area contributed by atoms with Crippen molar-refractivity contribution in [3.63, 3.8) is 0 Å². The van der Waals surface area contributed by atoms with E-state index in [9.17, 15) is 8.78 Å². The zero-order valence-corrected chi connectivity index (χ0v) is 19.3. The van der Waals surface area contributed by atoms with Gasteiger partial charge in [0.05, 0.1) is 27.5 Å². The van der Waals surface area contributed by atoms with E-state index >= 15 is 0 Å². The summed E-state index contributed by atoms with van der Waals surface area (Å²) in [6, 6.07) is 15.4. The number of aromatic nitrogens is 2. The molecular weight excluding hydrogens is 493 g/mol. The fourth-order valence-corrected chi connectivity index (χ4v) is 4.71. The largest absolute Gasteiger partial charge is 0.435 e. The lowest BCUT2D eigenvalue weighted by molar-refractivity contribution is -0.0498. The fraction of sp³-hybridized carbons (Fsp3) is 0.130. The molecule has 0 bridgehead atoms. The van der Waals surface area contributed by atoms with Crippen molar-refractivity contribution < 1.29 is 13.5 Å². The van der Waals surface area contributed by atoms with Crippen molar-refractivity contribution >= 4 is 46.5 Å². The molecule has 3 heterocycles. The van der Waals surface area contributed by atoms with Gasteiger partial charge in [0, 0.05) is 5.56 Å². The lowest BCUT2D eigenvalue weighted by atomic mass is 9.94. The van der Waals surface area contributed by atoms with Gasteiger partial charge >= 0.3 is 6.61 Å². The number of hydrogen-bond acceptors (Lipinski definition) is 4. The van der Waals surface area contributed by atoms with E-state index < -0.39 is 12.7 Å². The molecule has 0 N–H and O–H groups in total. The SMILES string of the molecule is Cc1nn(-c2ccccc2)c2c1[C@H](c1ccc(OC(F)F)cc1)N1C(=N2)C(Cl)=CC(Cl)=C1Cl. The summed E-state index contributed by atoms with van der Waals surface area (Å²) in [5.74, 6) is 1.05. The Morgan fingerprint density at radius 2 is 1.70 bits per heavy atom. The molecule has 3 aromatic rings. The summed E-state index contributed by atoms with van der Waals surface area (Å²) in [7, 11) is 0. The number of benzene rings is 2. The van der Waals surface area contributed by atoms with Gasteiger partial charge in [-0.25, -0.2) is 9.67 Å². The summed E-state index contributed by atoms with van der Waals surface area (Å²) < 4.78 is 31.5. The highest BCUT2D eigenvalue weighted by atomic mass is 35.5. The summed E-state index contributed by atoms with van der Waals surface area (Å²) in [6.45, 7) is -1.04. The van der Waals surface area contributed by atoms with Crippen LogP contribution in [0, 0.1) is 6.92 Å². The monoisotopic (exact) mass is 506 g/mol. The Hall–Kier alpha value is -2.87. The molecule has 0 aliphatic carbocycles. The second kappa shape index (κ2) is 8.48. The zero-order valence-electron chi connectivity index (χ0n) is 17.0. The molecule has 10 heteroatoms. The Kier molecular flexibility index (Phi) is 5.64. The van der Waals surface area contributed by atoms with E-state index in [1.54, 1.807) is 27.8 Å². The molecule has 0 saturated heterocycles. The van der Waals surface area contributed by atoms with Gasteiger partial charge in [0.1, 0.15) is 10.9 Å². The first-order valence-electron chi connectivity index (χ1n) is 9.85. The van der Waals surface area contributed by atoms with Crippen LogP contribution in [0.1, 0.15) is 22.9 Å². The van der Waals surface area contributed by atoms with Gasteiger partial charge in [-0.05, 0) is 42.8 Å². The number of amidine groups is 1. The summed E-state index contributed by atoms with van der Waals surface area (Å²) in [4.78, 5) is 6.53. The molecule has 33 heavy (non-hydrogen) atoms. The topological polar surface area (TPSA) is 42.6 Å². The van der Waals surface area contributed by atoms with Gasteiger partial charge in [-0.15, -0.1) is 0 Å². The van der Waals surface area contributed by atoms with Crippen LogP contribution in [0.25, 0.3) is 5.69 Å². The molecule has 1 atom stereocenters. The molecule has 1 aromatic heterocycles. The number of allylic oxidation sites excluding steroid dienone is 2. The number of aliphatic imine (C=N–C) groups is 1. The maximum Gasteiger partial charge on any atom is 0.387 e. The molecule has 168 valence electrons. The third-order valence-corrected chi connectivity index (χ3v) is 6.40. The van der Waals surface area contributed by atoms with Crippen molar-refractivity contribution in [2.75, 3.05) is 0 Å². The lowest BCUT2D eigenvalue weighted by Crippen LogP contribution is -2.38. The van der Waals surface area contributed by atoms with Crippen molar-refractivity contribution in [1.82, 2.24) is 14.7 Å². The van der Waals surface area contributed by atoms with Crippen molar-refractivity contribution in [1.29, 1.82) is 0 Å².